The van der Waals surface area contributed by atoms with Gasteiger partial charge >= 0.3 is 0 Å². The molecule has 0 amide bonds. The Balaban J connectivity index is 2.27. The third-order valence-electron chi connectivity index (χ3n) is 3.13. The van der Waals surface area contributed by atoms with Gasteiger partial charge in [-0.25, -0.2) is 0 Å². The van der Waals surface area contributed by atoms with Crippen LogP contribution in [0.3, 0.4) is 0 Å². The minimum Gasteiger partial charge on any atom is -0.508 e. The minimum atomic E-state index is -0.494. The van der Waals surface area contributed by atoms with E-state index < -0.39 is 6.04 Å². The van der Waals surface area contributed by atoms with Crippen molar-refractivity contribution in [2.75, 3.05) is 0 Å². The molecule has 0 aliphatic rings. The number of hydrogen-bond donors (Lipinski definition) is 3. The normalized spacial score (nSPS) is 13.1. The van der Waals surface area contributed by atoms with Crippen LogP contribution in [-0.2, 0) is 11.2 Å². The molecule has 2 rings (SSSR count). The first-order chi connectivity index (χ1) is 8.49. The summed E-state index contributed by atoms with van der Waals surface area (Å²) in [6.07, 6.45) is 2.33. The third-order valence-corrected chi connectivity index (χ3v) is 3.13. The van der Waals surface area contributed by atoms with Gasteiger partial charge in [0.25, 0.3) is 0 Å². The third kappa shape index (κ3) is 2.38. The van der Waals surface area contributed by atoms with Crippen molar-refractivity contribution < 1.29 is 9.90 Å². The lowest BCUT2D eigenvalue weighted by atomic mass is 9.96. The van der Waals surface area contributed by atoms with E-state index >= 15 is 0 Å². The van der Waals surface area contributed by atoms with E-state index in [2.05, 4.69) is 4.98 Å². The first kappa shape index (κ1) is 12.6. The molecule has 96 valence electrons. The summed E-state index contributed by atoms with van der Waals surface area (Å²) in [6.45, 7) is 3.70. The van der Waals surface area contributed by atoms with Crippen molar-refractivity contribution in [3.05, 3.63) is 30.0 Å². The van der Waals surface area contributed by atoms with Crippen molar-refractivity contribution in [2.24, 2.45) is 11.7 Å². The summed E-state index contributed by atoms with van der Waals surface area (Å²) in [5.41, 5.74) is 7.81. The topological polar surface area (TPSA) is 79.1 Å². The molecule has 1 aromatic heterocycles. The number of H-pyrrole nitrogens is 1. The molecule has 0 bridgehead atoms. The molecular weight excluding hydrogens is 228 g/mol. The standard InChI is InChI=1S/C14H18N2O2/c1-8(2)14(18)12(15)5-9-7-16-13-4-3-10(17)6-11(9)13/h3-4,6-8,12,16-17H,5,15H2,1-2H3. The number of nitrogens with one attached hydrogen (secondary N) is 1. The Morgan fingerprint density at radius 2 is 2.17 bits per heavy atom. The number of Topliss-reactive ketones (excluding diaryl/α,β-unsaturated/α-hetero) is 1. The summed E-state index contributed by atoms with van der Waals surface area (Å²) in [6, 6.07) is 4.63. The monoisotopic (exact) mass is 246 g/mol. The second-order valence-corrected chi connectivity index (χ2v) is 4.91. The molecule has 1 unspecified atom stereocenters. The second kappa shape index (κ2) is 4.82. The number of nitrogens with two attached hydrogens (primary N) is 1. The molecule has 0 aliphatic carbocycles. The SMILES string of the molecule is CC(C)C(=O)C(N)Cc1c[nH]c2ccc(O)cc12. The number of phenols is 1. The first-order valence-electron chi connectivity index (χ1n) is 6.07. The number of benzene rings is 1. The average Bonchev–Trinajstić information content (AvgIpc) is 2.70. The van der Waals surface area contributed by atoms with Gasteiger partial charge in [-0.15, -0.1) is 0 Å². The molecule has 0 radical (unpaired) electrons. The highest BCUT2D eigenvalue weighted by Crippen LogP contribution is 2.24. The van der Waals surface area contributed by atoms with E-state index in [4.69, 9.17) is 5.73 Å². The number of carbonyl (C=O) groups excluding carboxylic acids is 1. The van der Waals surface area contributed by atoms with E-state index in [9.17, 15) is 9.90 Å². The summed E-state index contributed by atoms with van der Waals surface area (Å²) in [7, 11) is 0. The van der Waals surface area contributed by atoms with E-state index in [1.165, 1.54) is 0 Å². The fraction of sp³-hybridized carbons (Fsp3) is 0.357. The highest BCUT2D eigenvalue weighted by molar-refractivity contribution is 5.88. The summed E-state index contributed by atoms with van der Waals surface area (Å²) in [5.74, 6) is 0.218. The molecule has 0 spiro atoms. The summed E-state index contributed by atoms with van der Waals surface area (Å²) in [4.78, 5) is 14.9. The molecule has 1 aromatic carbocycles. The zero-order chi connectivity index (χ0) is 13.3. The molecule has 0 saturated heterocycles. The Kier molecular flexibility index (Phi) is 3.39. The molecule has 0 saturated carbocycles. The lowest BCUT2D eigenvalue weighted by molar-refractivity contribution is -0.123. The number of rotatable bonds is 4. The van der Waals surface area contributed by atoms with Crippen LogP contribution in [0.25, 0.3) is 10.9 Å². The van der Waals surface area contributed by atoms with Crippen LogP contribution < -0.4 is 5.73 Å². The van der Waals surface area contributed by atoms with Crippen LogP contribution in [0.1, 0.15) is 19.4 Å². The molecule has 1 atom stereocenters. The fourth-order valence-corrected chi connectivity index (χ4v) is 2.10. The Morgan fingerprint density at radius 3 is 2.83 bits per heavy atom. The summed E-state index contributed by atoms with van der Waals surface area (Å²) >= 11 is 0. The molecule has 1 heterocycles. The smallest absolute Gasteiger partial charge is 0.152 e. The van der Waals surface area contributed by atoms with Gasteiger partial charge in [0.2, 0.25) is 0 Å². The van der Waals surface area contributed by atoms with Gasteiger partial charge in [0.15, 0.2) is 5.78 Å². The number of phenolic OH excluding ortho intramolecular Hbond substituents is 1. The van der Waals surface area contributed by atoms with Crippen molar-refractivity contribution in [1.29, 1.82) is 0 Å². The highest BCUT2D eigenvalue weighted by atomic mass is 16.3. The fourth-order valence-electron chi connectivity index (χ4n) is 2.10. The summed E-state index contributed by atoms with van der Waals surface area (Å²) in [5, 5.41) is 10.4. The zero-order valence-corrected chi connectivity index (χ0v) is 10.6. The molecule has 0 fully saturated rings. The first-order valence-corrected chi connectivity index (χ1v) is 6.07. The van der Waals surface area contributed by atoms with Gasteiger partial charge in [-0.2, -0.15) is 0 Å². The Bertz CT molecular complexity index is 572. The van der Waals surface area contributed by atoms with Crippen LogP contribution in [0.15, 0.2) is 24.4 Å². The Labute approximate surface area is 106 Å². The van der Waals surface area contributed by atoms with Crippen molar-refractivity contribution in [3.8, 4) is 5.75 Å². The van der Waals surface area contributed by atoms with Gasteiger partial charge in [-0.3, -0.25) is 4.79 Å². The number of ketones is 1. The molecule has 0 aliphatic heterocycles. The van der Waals surface area contributed by atoms with Gasteiger partial charge in [0, 0.05) is 23.0 Å². The number of hydrogen-bond acceptors (Lipinski definition) is 3. The van der Waals surface area contributed by atoms with Gasteiger partial charge in [-0.1, -0.05) is 13.8 Å². The maximum atomic E-state index is 11.8. The number of carbonyl (C=O) groups is 1. The van der Waals surface area contributed by atoms with E-state index in [0.717, 1.165) is 16.5 Å². The predicted octanol–water partition coefficient (Wildman–Crippen LogP) is 1.97. The quantitative estimate of drug-likeness (QED) is 0.771. The van der Waals surface area contributed by atoms with Crippen molar-refractivity contribution in [1.82, 2.24) is 4.98 Å². The number of aromatic hydroxyl groups is 1. The van der Waals surface area contributed by atoms with Crippen LogP contribution in [0.5, 0.6) is 5.75 Å². The Morgan fingerprint density at radius 1 is 1.44 bits per heavy atom. The number of fused-ring (bicyclic) bond motifs is 1. The van der Waals surface area contributed by atoms with E-state index in [-0.39, 0.29) is 17.5 Å². The molecule has 2 aromatic rings. The maximum absolute atomic E-state index is 11.8. The van der Waals surface area contributed by atoms with Gasteiger partial charge in [0.1, 0.15) is 5.75 Å². The molecule has 4 nitrogen and oxygen atoms in total. The van der Waals surface area contributed by atoms with E-state index in [1.807, 2.05) is 26.1 Å². The maximum Gasteiger partial charge on any atom is 0.152 e. The van der Waals surface area contributed by atoms with Gasteiger partial charge in [0.05, 0.1) is 6.04 Å². The van der Waals surface area contributed by atoms with E-state index in [0.29, 0.717) is 6.42 Å². The lowest BCUT2D eigenvalue weighted by Crippen LogP contribution is -2.35. The van der Waals surface area contributed by atoms with E-state index in [1.54, 1.807) is 12.1 Å². The van der Waals surface area contributed by atoms with Crippen LogP contribution in [-0.4, -0.2) is 21.9 Å². The van der Waals surface area contributed by atoms with Crippen LogP contribution in [0.4, 0.5) is 0 Å². The van der Waals surface area contributed by atoms with Crippen molar-refractivity contribution >= 4 is 16.7 Å². The largest absolute Gasteiger partial charge is 0.508 e. The number of aromatic amines is 1. The molecule has 18 heavy (non-hydrogen) atoms. The zero-order valence-electron chi connectivity index (χ0n) is 10.6. The van der Waals surface area contributed by atoms with Crippen LogP contribution in [0.2, 0.25) is 0 Å². The lowest BCUT2D eigenvalue weighted by Gasteiger charge is -2.12. The summed E-state index contributed by atoms with van der Waals surface area (Å²) < 4.78 is 0. The molecular formula is C14H18N2O2. The number of aromatic nitrogens is 1. The van der Waals surface area contributed by atoms with Gasteiger partial charge < -0.3 is 15.8 Å². The predicted molar refractivity (Wildman–Crippen MR) is 71.5 cm³/mol. The van der Waals surface area contributed by atoms with Crippen molar-refractivity contribution in [2.45, 2.75) is 26.3 Å². The highest BCUT2D eigenvalue weighted by Gasteiger charge is 2.18. The van der Waals surface area contributed by atoms with Gasteiger partial charge in [-0.05, 0) is 30.2 Å². The average molecular weight is 246 g/mol. The molecule has 4 heteroatoms. The van der Waals surface area contributed by atoms with Crippen LogP contribution >= 0.6 is 0 Å². The Hall–Kier alpha value is -1.81. The molecule has 4 N–H and O–H groups in total. The van der Waals surface area contributed by atoms with Crippen molar-refractivity contribution in [3.63, 3.8) is 0 Å². The second-order valence-electron chi connectivity index (χ2n) is 4.91. The van der Waals surface area contributed by atoms with Crippen LogP contribution in [0, 0.1) is 5.92 Å². The minimum absolute atomic E-state index is 0.0568.